The molecule has 1 aliphatic rings. The number of hydrogen-bond acceptors (Lipinski definition) is 4. The fourth-order valence-electron chi connectivity index (χ4n) is 3.93. The molecule has 178 valence electrons. The minimum absolute atomic E-state index is 0.0254. The number of ketones is 1. The molecule has 1 heterocycles. The third-order valence-corrected chi connectivity index (χ3v) is 5.76. The van der Waals surface area contributed by atoms with Gasteiger partial charge in [0.1, 0.15) is 12.4 Å². The van der Waals surface area contributed by atoms with Gasteiger partial charge < -0.3 is 14.5 Å². The number of hydrogen-bond donors (Lipinski definition) is 0. The number of carbonyl (C=O) groups is 2. The lowest BCUT2D eigenvalue weighted by Gasteiger charge is -2.30. The van der Waals surface area contributed by atoms with E-state index in [1.807, 2.05) is 104 Å². The smallest absolute Gasteiger partial charge is 0.254 e. The van der Waals surface area contributed by atoms with Crippen LogP contribution in [0.5, 0.6) is 5.75 Å². The molecule has 1 aliphatic heterocycles. The van der Waals surface area contributed by atoms with Crippen LogP contribution in [0.2, 0.25) is 0 Å². The minimum atomic E-state index is -0.131. The van der Waals surface area contributed by atoms with Gasteiger partial charge in [0.05, 0.1) is 13.1 Å². The van der Waals surface area contributed by atoms with Crippen LogP contribution in [0, 0.1) is 0 Å². The second-order valence-electron chi connectivity index (χ2n) is 8.83. The fraction of sp³-hybridized carbons (Fsp3) is 0.200. The first-order chi connectivity index (χ1) is 17.0. The van der Waals surface area contributed by atoms with E-state index < -0.39 is 0 Å². The van der Waals surface area contributed by atoms with Crippen LogP contribution >= 0.6 is 0 Å². The van der Waals surface area contributed by atoms with Gasteiger partial charge in [-0.3, -0.25) is 9.59 Å². The van der Waals surface area contributed by atoms with Crippen molar-refractivity contribution in [3.63, 3.8) is 0 Å². The summed E-state index contributed by atoms with van der Waals surface area (Å²) < 4.78 is 5.82. The molecule has 0 aliphatic carbocycles. The van der Waals surface area contributed by atoms with E-state index in [9.17, 15) is 9.59 Å². The van der Waals surface area contributed by atoms with E-state index in [4.69, 9.17) is 4.74 Å². The largest absolute Gasteiger partial charge is 0.492 e. The molecule has 5 nitrogen and oxygen atoms in total. The molecular formula is C30H30N2O3. The van der Waals surface area contributed by atoms with Gasteiger partial charge >= 0.3 is 0 Å². The molecule has 35 heavy (non-hydrogen) atoms. The lowest BCUT2D eigenvalue weighted by Crippen LogP contribution is -2.41. The van der Waals surface area contributed by atoms with E-state index in [2.05, 4.69) is 0 Å². The van der Waals surface area contributed by atoms with Crippen LogP contribution in [-0.2, 0) is 4.79 Å². The third-order valence-electron chi connectivity index (χ3n) is 5.76. The summed E-state index contributed by atoms with van der Waals surface area (Å²) in [5.74, 6) is 0.502. The van der Waals surface area contributed by atoms with Gasteiger partial charge in [0, 0.05) is 23.3 Å². The normalized spacial score (nSPS) is 16.2. The molecule has 0 N–H and O–H groups in total. The number of likely N-dealkylation sites (tertiary alicyclic amines) is 1. The molecule has 3 aromatic carbocycles. The molecule has 0 unspecified atom stereocenters. The summed E-state index contributed by atoms with van der Waals surface area (Å²) in [6, 6.07) is 26.7. The maximum absolute atomic E-state index is 13.5. The summed E-state index contributed by atoms with van der Waals surface area (Å²) in [7, 11) is 3.98. The van der Waals surface area contributed by atoms with Crippen LogP contribution in [-0.4, -0.2) is 61.8 Å². The zero-order valence-corrected chi connectivity index (χ0v) is 20.2. The minimum Gasteiger partial charge on any atom is -0.492 e. The number of ether oxygens (including phenoxy) is 1. The molecule has 1 saturated heterocycles. The molecular weight excluding hydrogens is 436 g/mol. The van der Waals surface area contributed by atoms with Crippen molar-refractivity contribution < 1.29 is 14.3 Å². The Balaban J connectivity index is 1.62. The monoisotopic (exact) mass is 466 g/mol. The summed E-state index contributed by atoms with van der Waals surface area (Å²) in [6.07, 6.45) is 3.75. The predicted molar refractivity (Wildman–Crippen MR) is 140 cm³/mol. The van der Waals surface area contributed by atoms with Crippen molar-refractivity contribution in [3.8, 4) is 5.75 Å². The summed E-state index contributed by atoms with van der Waals surface area (Å²) in [5.41, 5.74) is 3.59. The Bertz CT molecular complexity index is 1170. The van der Waals surface area contributed by atoms with Gasteiger partial charge in [-0.25, -0.2) is 0 Å². The van der Waals surface area contributed by atoms with Crippen molar-refractivity contribution in [2.45, 2.75) is 0 Å². The first-order valence-corrected chi connectivity index (χ1v) is 11.7. The quantitative estimate of drug-likeness (QED) is 0.469. The number of nitrogens with zero attached hydrogens (tertiary/aromatic N) is 2. The molecule has 0 saturated carbocycles. The molecule has 5 heteroatoms. The second kappa shape index (κ2) is 11.4. The molecule has 1 fully saturated rings. The first-order valence-electron chi connectivity index (χ1n) is 11.7. The number of likely N-dealkylation sites (N-methyl/N-ethyl adjacent to an activating group) is 1. The third kappa shape index (κ3) is 6.55. The van der Waals surface area contributed by atoms with E-state index in [1.165, 1.54) is 0 Å². The summed E-state index contributed by atoms with van der Waals surface area (Å²) in [4.78, 5) is 30.7. The Hall–Kier alpha value is -3.96. The Labute approximate surface area is 206 Å². The Kier molecular flexibility index (Phi) is 7.91. The molecule has 0 bridgehead atoms. The second-order valence-corrected chi connectivity index (χ2v) is 8.83. The van der Waals surface area contributed by atoms with Gasteiger partial charge in [0.2, 0.25) is 0 Å². The summed E-state index contributed by atoms with van der Waals surface area (Å²) >= 11 is 0. The van der Waals surface area contributed by atoms with Gasteiger partial charge in [-0.2, -0.15) is 0 Å². The van der Waals surface area contributed by atoms with Crippen LogP contribution < -0.4 is 4.74 Å². The highest BCUT2D eigenvalue weighted by Crippen LogP contribution is 2.24. The highest BCUT2D eigenvalue weighted by molar-refractivity contribution is 6.15. The van der Waals surface area contributed by atoms with Crippen LogP contribution in [0.1, 0.15) is 21.5 Å². The van der Waals surface area contributed by atoms with Crippen molar-refractivity contribution in [3.05, 3.63) is 113 Å². The summed E-state index contributed by atoms with van der Waals surface area (Å²) in [5, 5.41) is 0. The van der Waals surface area contributed by atoms with E-state index in [0.717, 1.165) is 17.7 Å². The average Bonchev–Trinajstić information content (AvgIpc) is 2.87. The summed E-state index contributed by atoms with van der Waals surface area (Å²) in [6.45, 7) is 1.83. The molecule has 0 spiro atoms. The number of rotatable bonds is 7. The van der Waals surface area contributed by atoms with Crippen molar-refractivity contribution >= 4 is 23.8 Å². The zero-order valence-electron chi connectivity index (χ0n) is 20.2. The van der Waals surface area contributed by atoms with E-state index >= 15 is 0 Å². The van der Waals surface area contributed by atoms with Crippen LogP contribution in [0.15, 0.2) is 96.1 Å². The first kappa shape index (κ1) is 24.2. The molecule has 4 rings (SSSR count). The Morgan fingerprint density at radius 3 is 1.97 bits per heavy atom. The van der Waals surface area contributed by atoms with Gasteiger partial charge in [-0.15, -0.1) is 0 Å². The van der Waals surface area contributed by atoms with Crippen molar-refractivity contribution in [1.29, 1.82) is 0 Å². The highest BCUT2D eigenvalue weighted by atomic mass is 16.5. The predicted octanol–water partition coefficient (Wildman–Crippen LogP) is 4.82. The maximum atomic E-state index is 13.5. The fourth-order valence-corrected chi connectivity index (χ4v) is 3.93. The lowest BCUT2D eigenvalue weighted by molar-refractivity contribution is -0.113. The van der Waals surface area contributed by atoms with Gasteiger partial charge in [-0.1, -0.05) is 66.7 Å². The highest BCUT2D eigenvalue weighted by Gasteiger charge is 2.29. The molecule has 0 atom stereocenters. The lowest BCUT2D eigenvalue weighted by atomic mass is 9.93. The Morgan fingerprint density at radius 1 is 0.857 bits per heavy atom. The molecule has 0 aromatic heterocycles. The van der Waals surface area contributed by atoms with Crippen LogP contribution in [0.3, 0.4) is 0 Å². The zero-order chi connectivity index (χ0) is 24.6. The van der Waals surface area contributed by atoms with Gasteiger partial charge in [0.25, 0.3) is 5.91 Å². The molecule has 0 radical (unpaired) electrons. The van der Waals surface area contributed by atoms with Crippen molar-refractivity contribution in [1.82, 2.24) is 9.80 Å². The number of amides is 1. The van der Waals surface area contributed by atoms with Gasteiger partial charge in [0.15, 0.2) is 5.78 Å². The topological polar surface area (TPSA) is 49.9 Å². The van der Waals surface area contributed by atoms with Crippen molar-refractivity contribution in [2.24, 2.45) is 0 Å². The molecule has 3 aromatic rings. The van der Waals surface area contributed by atoms with Gasteiger partial charge in [-0.05, 0) is 55.6 Å². The standard InChI is InChI=1S/C30H30N2O3/c1-31(2)16-17-35-28-15-9-14-25(20-28)30(34)32-21-26(18-23-10-5-3-6-11-23)29(33)27(22-32)19-24-12-7-4-8-13-24/h3-15,18-20H,16-17,21-22H2,1-2H3. The van der Waals surface area contributed by atoms with E-state index in [-0.39, 0.29) is 24.8 Å². The number of benzene rings is 3. The SMILES string of the molecule is CN(C)CCOc1cccc(C(=O)N2CC(=Cc3ccccc3)C(=O)C(=Cc3ccccc3)C2)c1. The Morgan fingerprint density at radius 2 is 1.43 bits per heavy atom. The number of carbonyl (C=O) groups excluding carboxylic acids is 2. The van der Waals surface area contributed by atoms with E-state index in [0.29, 0.717) is 29.1 Å². The number of piperidine rings is 1. The average molecular weight is 467 g/mol. The van der Waals surface area contributed by atoms with Crippen molar-refractivity contribution in [2.75, 3.05) is 40.3 Å². The number of Topliss-reactive ketones (excluding diaryl/α,β-unsaturated/α-hetero) is 1. The van der Waals surface area contributed by atoms with E-state index in [1.54, 1.807) is 17.0 Å². The molecule has 1 amide bonds. The van der Waals surface area contributed by atoms with Crippen LogP contribution in [0.4, 0.5) is 0 Å². The van der Waals surface area contributed by atoms with Crippen LogP contribution in [0.25, 0.3) is 12.2 Å². The maximum Gasteiger partial charge on any atom is 0.254 e.